The third-order valence-corrected chi connectivity index (χ3v) is 4.28. The van der Waals surface area contributed by atoms with E-state index in [0.717, 1.165) is 22.8 Å². The van der Waals surface area contributed by atoms with Crippen LogP contribution in [0.5, 0.6) is 0 Å². The van der Waals surface area contributed by atoms with Gasteiger partial charge < -0.3 is 15.0 Å². The molecular formula is C14H19ClN4O2S. The number of aromatic amines is 1. The number of likely N-dealkylation sites (N-methyl/N-ethyl adjacent to an activating group) is 1. The fourth-order valence-electron chi connectivity index (χ4n) is 2.30. The molecule has 2 N–H and O–H groups in total. The summed E-state index contributed by atoms with van der Waals surface area (Å²) in [7, 11) is 1.78. The number of amides is 1. The minimum atomic E-state index is -0.386. The molecule has 0 radical (unpaired) electrons. The quantitative estimate of drug-likeness (QED) is 0.883. The average molecular weight is 343 g/mol. The van der Waals surface area contributed by atoms with E-state index in [0.29, 0.717) is 19.7 Å². The van der Waals surface area contributed by atoms with Gasteiger partial charge in [0.2, 0.25) is 0 Å². The maximum atomic E-state index is 12.3. The summed E-state index contributed by atoms with van der Waals surface area (Å²) < 4.78 is 5.48. The summed E-state index contributed by atoms with van der Waals surface area (Å²) >= 11 is 1.65. The second-order valence-electron chi connectivity index (χ2n) is 5.01. The number of carbonyl (C=O) groups excluding carboxylic acids is 1. The van der Waals surface area contributed by atoms with Crippen LogP contribution in [0.25, 0.3) is 10.6 Å². The summed E-state index contributed by atoms with van der Waals surface area (Å²) in [6.07, 6.45) is -0.386. The Morgan fingerprint density at radius 2 is 2.45 bits per heavy atom. The van der Waals surface area contributed by atoms with Gasteiger partial charge in [0, 0.05) is 20.1 Å². The van der Waals surface area contributed by atoms with Crippen LogP contribution in [-0.4, -0.2) is 53.9 Å². The van der Waals surface area contributed by atoms with E-state index in [-0.39, 0.29) is 24.4 Å². The standard InChI is InChI=1S/C14H18N4O2S.ClH/c1-18(14(19)12-8-15-4-5-20-12)9-10-7-11(17-16-10)13-3-2-6-21-13;/h2-3,6-7,12,15H,4-5,8-9H2,1H3,(H,16,17);1H. The van der Waals surface area contributed by atoms with Gasteiger partial charge in [0.15, 0.2) is 0 Å². The Labute approximate surface area is 139 Å². The molecule has 1 fully saturated rings. The van der Waals surface area contributed by atoms with Crippen molar-refractivity contribution >= 4 is 29.7 Å². The number of H-pyrrole nitrogens is 1. The van der Waals surface area contributed by atoms with E-state index in [1.54, 1.807) is 23.3 Å². The first kappa shape index (κ1) is 17.0. The van der Waals surface area contributed by atoms with Gasteiger partial charge >= 0.3 is 0 Å². The highest BCUT2D eigenvalue weighted by Gasteiger charge is 2.25. The summed E-state index contributed by atoms with van der Waals surface area (Å²) in [5.41, 5.74) is 1.83. The normalized spacial score (nSPS) is 17.8. The van der Waals surface area contributed by atoms with Crippen molar-refractivity contribution < 1.29 is 9.53 Å². The molecular weight excluding hydrogens is 324 g/mol. The first-order valence-electron chi connectivity index (χ1n) is 6.89. The summed E-state index contributed by atoms with van der Waals surface area (Å²) in [4.78, 5) is 15.1. The van der Waals surface area contributed by atoms with Crippen molar-refractivity contribution in [2.45, 2.75) is 12.6 Å². The number of nitrogens with one attached hydrogen (secondary N) is 2. The molecule has 0 saturated carbocycles. The number of hydrogen-bond donors (Lipinski definition) is 2. The molecule has 0 aliphatic carbocycles. The second-order valence-corrected chi connectivity index (χ2v) is 5.96. The van der Waals surface area contributed by atoms with Crippen molar-refractivity contribution in [3.05, 3.63) is 29.3 Å². The predicted molar refractivity (Wildman–Crippen MR) is 88.2 cm³/mol. The van der Waals surface area contributed by atoms with Crippen molar-refractivity contribution in [2.24, 2.45) is 0 Å². The van der Waals surface area contributed by atoms with E-state index in [4.69, 9.17) is 4.74 Å². The molecule has 1 atom stereocenters. The lowest BCUT2D eigenvalue weighted by Crippen LogP contribution is -2.48. The maximum absolute atomic E-state index is 12.3. The molecule has 120 valence electrons. The van der Waals surface area contributed by atoms with Crippen molar-refractivity contribution in [2.75, 3.05) is 26.7 Å². The number of thiophene rings is 1. The van der Waals surface area contributed by atoms with E-state index in [1.165, 1.54) is 0 Å². The number of carbonyl (C=O) groups is 1. The van der Waals surface area contributed by atoms with Crippen LogP contribution >= 0.6 is 23.7 Å². The van der Waals surface area contributed by atoms with Crippen molar-refractivity contribution in [1.29, 1.82) is 0 Å². The molecule has 22 heavy (non-hydrogen) atoms. The van der Waals surface area contributed by atoms with Crippen LogP contribution in [0.15, 0.2) is 23.6 Å². The zero-order valence-electron chi connectivity index (χ0n) is 12.2. The van der Waals surface area contributed by atoms with Gasteiger partial charge in [0.05, 0.1) is 23.7 Å². The lowest BCUT2D eigenvalue weighted by atomic mass is 10.2. The average Bonchev–Trinajstić information content (AvgIpc) is 3.18. The van der Waals surface area contributed by atoms with Crippen LogP contribution in [0.1, 0.15) is 5.69 Å². The van der Waals surface area contributed by atoms with Crippen LogP contribution in [-0.2, 0) is 16.1 Å². The van der Waals surface area contributed by atoms with Gasteiger partial charge in [0.25, 0.3) is 5.91 Å². The van der Waals surface area contributed by atoms with E-state index in [1.807, 2.05) is 23.6 Å². The predicted octanol–water partition coefficient (Wildman–Crippen LogP) is 1.51. The number of nitrogens with zero attached hydrogens (tertiary/aromatic N) is 2. The zero-order valence-corrected chi connectivity index (χ0v) is 13.9. The monoisotopic (exact) mass is 342 g/mol. The fraction of sp³-hybridized carbons (Fsp3) is 0.429. The molecule has 6 nitrogen and oxygen atoms in total. The van der Waals surface area contributed by atoms with E-state index in [2.05, 4.69) is 15.5 Å². The van der Waals surface area contributed by atoms with Crippen LogP contribution in [0, 0.1) is 0 Å². The SMILES string of the molecule is CN(Cc1cc(-c2cccs2)n[nH]1)C(=O)C1CNCCO1.Cl. The number of ether oxygens (including phenoxy) is 1. The smallest absolute Gasteiger partial charge is 0.253 e. The summed E-state index contributed by atoms with van der Waals surface area (Å²) in [5, 5.41) is 12.5. The first-order valence-corrected chi connectivity index (χ1v) is 7.77. The van der Waals surface area contributed by atoms with E-state index >= 15 is 0 Å². The molecule has 0 aromatic carbocycles. The molecule has 1 aliphatic heterocycles. The molecule has 2 aromatic heterocycles. The highest BCUT2D eigenvalue weighted by molar-refractivity contribution is 7.13. The number of hydrogen-bond acceptors (Lipinski definition) is 5. The molecule has 1 amide bonds. The molecule has 3 rings (SSSR count). The lowest BCUT2D eigenvalue weighted by Gasteiger charge is -2.26. The largest absolute Gasteiger partial charge is 0.366 e. The Balaban J connectivity index is 0.00000176. The maximum Gasteiger partial charge on any atom is 0.253 e. The lowest BCUT2D eigenvalue weighted by molar-refractivity contribution is -0.144. The Hall–Kier alpha value is -1.41. The van der Waals surface area contributed by atoms with Gasteiger partial charge in [-0.3, -0.25) is 9.89 Å². The van der Waals surface area contributed by atoms with Crippen LogP contribution < -0.4 is 5.32 Å². The van der Waals surface area contributed by atoms with E-state index in [9.17, 15) is 4.79 Å². The van der Waals surface area contributed by atoms with Crippen LogP contribution in [0.4, 0.5) is 0 Å². The van der Waals surface area contributed by atoms with E-state index < -0.39 is 0 Å². The Bertz CT molecular complexity index is 596. The minimum Gasteiger partial charge on any atom is -0.366 e. The summed E-state index contributed by atoms with van der Waals surface area (Å²) in [5.74, 6) is -0.00512. The zero-order chi connectivity index (χ0) is 14.7. The summed E-state index contributed by atoms with van der Waals surface area (Å²) in [6.45, 7) is 2.46. The number of aromatic nitrogens is 2. The number of morpholine rings is 1. The molecule has 0 bridgehead atoms. The van der Waals surface area contributed by atoms with Gasteiger partial charge in [-0.2, -0.15) is 5.10 Å². The first-order chi connectivity index (χ1) is 10.2. The highest BCUT2D eigenvalue weighted by atomic mass is 35.5. The van der Waals surface area contributed by atoms with Crippen molar-refractivity contribution in [1.82, 2.24) is 20.4 Å². The van der Waals surface area contributed by atoms with Crippen LogP contribution in [0.3, 0.4) is 0 Å². The minimum absolute atomic E-state index is 0. The van der Waals surface area contributed by atoms with Gasteiger partial charge in [0.1, 0.15) is 11.8 Å². The third-order valence-electron chi connectivity index (χ3n) is 3.39. The second kappa shape index (κ2) is 7.73. The molecule has 2 aromatic rings. The number of rotatable bonds is 4. The fourth-order valence-corrected chi connectivity index (χ4v) is 2.98. The van der Waals surface area contributed by atoms with Gasteiger partial charge in [-0.05, 0) is 17.5 Å². The molecule has 1 aliphatic rings. The molecule has 8 heteroatoms. The Morgan fingerprint density at radius 1 is 1.59 bits per heavy atom. The summed E-state index contributed by atoms with van der Waals surface area (Å²) in [6, 6.07) is 6.01. The van der Waals surface area contributed by atoms with Gasteiger partial charge in [-0.1, -0.05) is 6.07 Å². The van der Waals surface area contributed by atoms with Gasteiger partial charge in [-0.25, -0.2) is 0 Å². The Kier molecular flexibility index (Phi) is 5.96. The number of halogens is 1. The Morgan fingerprint density at radius 3 is 3.14 bits per heavy atom. The van der Waals surface area contributed by atoms with Crippen molar-refractivity contribution in [3.8, 4) is 10.6 Å². The highest BCUT2D eigenvalue weighted by Crippen LogP contribution is 2.23. The molecule has 3 heterocycles. The molecule has 0 spiro atoms. The van der Waals surface area contributed by atoms with Crippen LogP contribution in [0.2, 0.25) is 0 Å². The van der Waals surface area contributed by atoms with Gasteiger partial charge in [-0.15, -0.1) is 23.7 Å². The molecule has 1 saturated heterocycles. The molecule has 1 unspecified atom stereocenters. The topological polar surface area (TPSA) is 70.2 Å². The third kappa shape index (κ3) is 3.86. The van der Waals surface area contributed by atoms with Crippen molar-refractivity contribution in [3.63, 3.8) is 0 Å².